The van der Waals surface area contributed by atoms with Crippen molar-refractivity contribution in [3.8, 4) is 0 Å². The minimum atomic E-state index is -0.499. The largest absolute Gasteiger partial charge is 0.388 e. The maximum Gasteiger partial charge on any atom is 0.251 e. The third-order valence-electron chi connectivity index (χ3n) is 5.92. The van der Waals surface area contributed by atoms with Gasteiger partial charge in [0, 0.05) is 18.2 Å². The number of nitrogens with one attached hydrogen (secondary N) is 1. The molecule has 5 rings (SSSR count). The summed E-state index contributed by atoms with van der Waals surface area (Å²) in [4.78, 5) is 15.3. The molecule has 1 aromatic rings. The zero-order valence-corrected chi connectivity index (χ0v) is 13.6. The molecule has 3 aliphatic heterocycles. The minimum absolute atomic E-state index is 0.00144. The fourth-order valence-corrected chi connectivity index (χ4v) is 4.59. The molecule has 2 atom stereocenters. The number of carbonyl (C=O) groups is 1. The van der Waals surface area contributed by atoms with Gasteiger partial charge in [-0.1, -0.05) is 18.6 Å². The SMILES string of the molecule is O=C(NC1CN2CCC1CC2)c1cccc2c1C(O)CCCC2. The first kappa shape index (κ1) is 15.2. The summed E-state index contributed by atoms with van der Waals surface area (Å²) < 4.78 is 0. The molecule has 1 aliphatic carbocycles. The number of amides is 1. The molecule has 1 amide bonds. The van der Waals surface area contributed by atoms with Gasteiger partial charge in [0.2, 0.25) is 0 Å². The summed E-state index contributed by atoms with van der Waals surface area (Å²) in [5, 5.41) is 13.8. The molecule has 4 nitrogen and oxygen atoms in total. The van der Waals surface area contributed by atoms with Crippen LogP contribution >= 0.6 is 0 Å². The number of aryl methyl sites for hydroxylation is 1. The molecule has 0 radical (unpaired) electrons. The molecule has 0 spiro atoms. The number of aliphatic hydroxyl groups excluding tert-OH is 1. The van der Waals surface area contributed by atoms with Gasteiger partial charge in [-0.3, -0.25) is 4.79 Å². The standard InChI is InChI=1S/C19H26N2O2/c22-17-7-2-1-4-14-5-3-6-15(18(14)17)19(23)20-16-12-21-10-8-13(16)9-11-21/h3,5-6,13,16-17,22H,1-2,4,7-12H2,(H,20,23). The average molecular weight is 314 g/mol. The van der Waals surface area contributed by atoms with E-state index in [0.717, 1.165) is 43.4 Å². The van der Waals surface area contributed by atoms with Crippen molar-refractivity contribution in [3.63, 3.8) is 0 Å². The van der Waals surface area contributed by atoms with Crippen LogP contribution in [-0.2, 0) is 6.42 Å². The predicted molar refractivity (Wildman–Crippen MR) is 89.4 cm³/mol. The van der Waals surface area contributed by atoms with E-state index in [1.807, 2.05) is 12.1 Å². The molecule has 3 heterocycles. The lowest BCUT2D eigenvalue weighted by Crippen LogP contribution is -2.57. The van der Waals surface area contributed by atoms with Crippen molar-refractivity contribution in [1.29, 1.82) is 0 Å². The van der Waals surface area contributed by atoms with Gasteiger partial charge >= 0.3 is 0 Å². The summed E-state index contributed by atoms with van der Waals surface area (Å²) in [5.41, 5.74) is 2.72. The van der Waals surface area contributed by atoms with Crippen molar-refractivity contribution < 1.29 is 9.90 Å². The highest BCUT2D eigenvalue weighted by atomic mass is 16.3. The number of carbonyl (C=O) groups excluding carboxylic acids is 1. The summed E-state index contributed by atoms with van der Waals surface area (Å²) in [5.74, 6) is 0.623. The molecule has 2 N–H and O–H groups in total. The van der Waals surface area contributed by atoms with Gasteiger partial charge in [0.25, 0.3) is 5.91 Å². The highest BCUT2D eigenvalue weighted by molar-refractivity contribution is 5.96. The van der Waals surface area contributed by atoms with Crippen molar-refractivity contribution in [2.75, 3.05) is 19.6 Å². The fourth-order valence-electron chi connectivity index (χ4n) is 4.59. The number of piperidine rings is 3. The summed E-state index contributed by atoms with van der Waals surface area (Å²) in [6.45, 7) is 3.33. The normalized spacial score (nSPS) is 32.9. The summed E-state index contributed by atoms with van der Waals surface area (Å²) >= 11 is 0. The Hall–Kier alpha value is -1.39. The number of benzene rings is 1. The van der Waals surface area contributed by atoms with Gasteiger partial charge in [-0.15, -0.1) is 0 Å². The van der Waals surface area contributed by atoms with E-state index in [9.17, 15) is 9.90 Å². The Morgan fingerprint density at radius 3 is 2.74 bits per heavy atom. The average Bonchev–Trinajstić information content (AvgIpc) is 2.77. The monoisotopic (exact) mass is 314 g/mol. The van der Waals surface area contributed by atoms with Gasteiger partial charge in [-0.2, -0.15) is 0 Å². The van der Waals surface area contributed by atoms with Gasteiger partial charge in [0.15, 0.2) is 0 Å². The second-order valence-electron chi connectivity index (χ2n) is 7.36. The van der Waals surface area contributed by atoms with E-state index in [-0.39, 0.29) is 11.9 Å². The zero-order valence-electron chi connectivity index (χ0n) is 13.6. The number of hydrogen-bond acceptors (Lipinski definition) is 3. The maximum absolute atomic E-state index is 12.9. The highest BCUT2D eigenvalue weighted by Crippen LogP contribution is 2.32. The first-order valence-corrected chi connectivity index (χ1v) is 9.05. The first-order chi connectivity index (χ1) is 11.2. The van der Waals surface area contributed by atoms with Gasteiger partial charge in [0.05, 0.1) is 6.10 Å². The molecule has 124 valence electrons. The Balaban J connectivity index is 1.57. The van der Waals surface area contributed by atoms with E-state index in [1.54, 1.807) is 0 Å². The van der Waals surface area contributed by atoms with Crippen molar-refractivity contribution in [1.82, 2.24) is 10.2 Å². The van der Waals surface area contributed by atoms with Gasteiger partial charge in [0.1, 0.15) is 0 Å². The summed E-state index contributed by atoms with van der Waals surface area (Å²) in [6, 6.07) is 6.17. The molecule has 3 fully saturated rings. The molecule has 1 aromatic carbocycles. The molecule has 2 bridgehead atoms. The van der Waals surface area contributed by atoms with Gasteiger partial charge < -0.3 is 15.3 Å². The van der Waals surface area contributed by atoms with Crippen molar-refractivity contribution >= 4 is 5.91 Å². The lowest BCUT2D eigenvalue weighted by molar-refractivity contribution is 0.0617. The zero-order chi connectivity index (χ0) is 15.8. The second kappa shape index (κ2) is 6.25. The third-order valence-corrected chi connectivity index (χ3v) is 5.92. The van der Waals surface area contributed by atoms with Crippen LogP contribution in [0.15, 0.2) is 18.2 Å². The van der Waals surface area contributed by atoms with E-state index in [4.69, 9.17) is 0 Å². The predicted octanol–water partition coefficient (Wildman–Crippen LogP) is 2.27. The van der Waals surface area contributed by atoms with Crippen LogP contribution in [-0.4, -0.2) is 41.6 Å². The van der Waals surface area contributed by atoms with E-state index < -0.39 is 6.10 Å². The van der Waals surface area contributed by atoms with Crippen LogP contribution in [0.2, 0.25) is 0 Å². The van der Waals surface area contributed by atoms with E-state index >= 15 is 0 Å². The Labute approximate surface area is 137 Å². The van der Waals surface area contributed by atoms with Crippen LogP contribution in [0.4, 0.5) is 0 Å². The number of rotatable bonds is 2. The topological polar surface area (TPSA) is 52.6 Å². The van der Waals surface area contributed by atoms with Crippen molar-refractivity contribution in [2.45, 2.75) is 50.7 Å². The lowest BCUT2D eigenvalue weighted by Gasteiger charge is -2.45. The quantitative estimate of drug-likeness (QED) is 0.824. The maximum atomic E-state index is 12.9. The smallest absolute Gasteiger partial charge is 0.251 e. The third kappa shape index (κ3) is 2.90. The molecule has 3 saturated heterocycles. The summed E-state index contributed by atoms with van der Waals surface area (Å²) in [7, 11) is 0. The van der Waals surface area contributed by atoms with Crippen LogP contribution in [0.25, 0.3) is 0 Å². The number of fused-ring (bicyclic) bond motifs is 4. The van der Waals surface area contributed by atoms with Crippen LogP contribution in [0.3, 0.4) is 0 Å². The summed E-state index contributed by atoms with van der Waals surface area (Å²) in [6.07, 6.45) is 5.73. The highest BCUT2D eigenvalue weighted by Gasteiger charge is 2.35. The number of nitrogens with zero attached hydrogens (tertiary/aromatic N) is 1. The molecule has 4 heteroatoms. The van der Waals surface area contributed by atoms with Crippen LogP contribution in [0.1, 0.15) is 59.7 Å². The Morgan fingerprint density at radius 2 is 2.00 bits per heavy atom. The van der Waals surface area contributed by atoms with E-state index in [1.165, 1.54) is 25.9 Å². The van der Waals surface area contributed by atoms with Crippen molar-refractivity contribution in [2.24, 2.45) is 5.92 Å². The molecular weight excluding hydrogens is 288 g/mol. The second-order valence-corrected chi connectivity index (χ2v) is 7.36. The first-order valence-electron chi connectivity index (χ1n) is 9.05. The minimum Gasteiger partial charge on any atom is -0.388 e. The molecule has 2 unspecified atom stereocenters. The number of aliphatic hydroxyl groups is 1. The molecule has 0 saturated carbocycles. The van der Waals surface area contributed by atoms with Crippen molar-refractivity contribution in [3.05, 3.63) is 34.9 Å². The Morgan fingerprint density at radius 1 is 1.17 bits per heavy atom. The lowest BCUT2D eigenvalue weighted by atomic mass is 9.83. The van der Waals surface area contributed by atoms with Crippen LogP contribution < -0.4 is 5.32 Å². The van der Waals surface area contributed by atoms with Crippen LogP contribution in [0.5, 0.6) is 0 Å². The van der Waals surface area contributed by atoms with Crippen LogP contribution in [0, 0.1) is 5.92 Å². The Kier molecular flexibility index (Phi) is 4.12. The van der Waals surface area contributed by atoms with E-state index in [0.29, 0.717) is 11.5 Å². The van der Waals surface area contributed by atoms with Gasteiger partial charge in [-0.25, -0.2) is 0 Å². The Bertz CT molecular complexity index is 593. The molecule has 4 aliphatic rings. The van der Waals surface area contributed by atoms with E-state index in [2.05, 4.69) is 16.3 Å². The van der Waals surface area contributed by atoms with Gasteiger partial charge in [-0.05, 0) is 68.3 Å². The molecule has 0 aromatic heterocycles. The fraction of sp³-hybridized carbons (Fsp3) is 0.632. The molecule has 23 heavy (non-hydrogen) atoms. The molecular formula is C19H26N2O2. The number of hydrogen-bond donors (Lipinski definition) is 2.